The predicted molar refractivity (Wildman–Crippen MR) is 156 cm³/mol. The van der Waals surface area contributed by atoms with E-state index in [0.29, 0.717) is 24.9 Å². The number of nitrogens with zero attached hydrogens (tertiary/aromatic N) is 3. The van der Waals surface area contributed by atoms with Crippen LogP contribution in [-0.4, -0.2) is 9.49 Å². The molecule has 6 nitrogen and oxygen atoms in total. The summed E-state index contributed by atoms with van der Waals surface area (Å²) >= 11 is 13.6. The lowest BCUT2D eigenvalue weighted by molar-refractivity contribution is -0.384. The van der Waals surface area contributed by atoms with Gasteiger partial charge in [-0.25, -0.2) is 4.99 Å². The number of benzene rings is 3. The van der Waals surface area contributed by atoms with Gasteiger partial charge in [-0.15, -0.1) is 0 Å². The van der Waals surface area contributed by atoms with Crippen LogP contribution < -0.4 is 14.9 Å². The van der Waals surface area contributed by atoms with Crippen LogP contribution in [0.25, 0.3) is 12.2 Å². The van der Waals surface area contributed by atoms with Gasteiger partial charge in [0, 0.05) is 22.2 Å². The Labute approximate surface area is 237 Å². The molecule has 1 aliphatic heterocycles. The molecule has 0 saturated carbocycles. The average molecular weight is 574 g/mol. The standard InChI is InChI=1S/C30H21Cl2N3O3S/c31-22-11-7-18(8-12-22)15-21-4-2-6-25-27(21)33-30-34(28(25)20-9-13-23(32)14-10-20)29(36)26(39-30)17-19-3-1-5-24(16-19)35(37)38/h1,3,5,7-17,28H,2,4,6H2/b21-15-,26-17+/t28-/m0/s1. The van der Waals surface area contributed by atoms with E-state index in [1.54, 1.807) is 22.8 Å². The average Bonchev–Trinajstić information content (AvgIpc) is 3.24. The van der Waals surface area contributed by atoms with E-state index in [0.717, 1.165) is 47.2 Å². The maximum absolute atomic E-state index is 13.8. The van der Waals surface area contributed by atoms with Crippen LogP contribution in [0.5, 0.6) is 0 Å². The molecule has 1 aromatic heterocycles. The number of halogens is 2. The van der Waals surface area contributed by atoms with Crippen molar-refractivity contribution in [1.29, 1.82) is 0 Å². The second kappa shape index (κ2) is 10.4. The number of rotatable bonds is 4. The monoisotopic (exact) mass is 573 g/mol. The van der Waals surface area contributed by atoms with E-state index in [4.69, 9.17) is 28.2 Å². The molecule has 1 aliphatic carbocycles. The summed E-state index contributed by atoms with van der Waals surface area (Å²) in [6, 6.07) is 21.2. The molecule has 0 spiro atoms. The number of thiazole rings is 1. The SMILES string of the molecule is O=c1/c(=C\c2cccc([N+](=O)[O-])c2)sc2n1[C@@H](c1ccc(Cl)cc1)C1=C(N=2)/C(=C\c2ccc(Cl)cc2)CCC1. The van der Waals surface area contributed by atoms with Gasteiger partial charge in [-0.05, 0) is 83.5 Å². The zero-order chi connectivity index (χ0) is 27.1. The highest BCUT2D eigenvalue weighted by Crippen LogP contribution is 2.41. The van der Waals surface area contributed by atoms with Crippen molar-refractivity contribution in [2.24, 2.45) is 4.99 Å². The van der Waals surface area contributed by atoms with Gasteiger partial charge >= 0.3 is 0 Å². The van der Waals surface area contributed by atoms with Gasteiger partial charge in [0.1, 0.15) is 0 Å². The third kappa shape index (κ3) is 5.01. The highest BCUT2D eigenvalue weighted by Gasteiger charge is 2.32. The molecule has 0 saturated heterocycles. The Morgan fingerprint density at radius 2 is 1.67 bits per heavy atom. The smallest absolute Gasteiger partial charge is 0.271 e. The topological polar surface area (TPSA) is 77.5 Å². The summed E-state index contributed by atoms with van der Waals surface area (Å²) in [4.78, 5) is 30.3. The fourth-order valence-electron chi connectivity index (χ4n) is 5.14. The molecular weight excluding hydrogens is 553 g/mol. The first kappa shape index (κ1) is 25.5. The van der Waals surface area contributed by atoms with Crippen molar-refractivity contribution in [3.8, 4) is 0 Å². The number of non-ortho nitro benzene ring substituents is 1. The summed E-state index contributed by atoms with van der Waals surface area (Å²) in [7, 11) is 0. The summed E-state index contributed by atoms with van der Waals surface area (Å²) in [5.41, 5.74) is 5.51. The van der Waals surface area contributed by atoms with Crippen molar-refractivity contribution in [3.63, 3.8) is 0 Å². The van der Waals surface area contributed by atoms with Crippen LogP contribution in [0.1, 0.15) is 42.0 Å². The van der Waals surface area contributed by atoms with E-state index in [1.165, 1.54) is 23.5 Å². The molecule has 0 bridgehead atoms. The Hall–Kier alpha value is -3.78. The van der Waals surface area contributed by atoms with Gasteiger partial charge in [0.15, 0.2) is 4.80 Å². The molecule has 9 heteroatoms. The largest absolute Gasteiger partial charge is 0.272 e. The summed E-state index contributed by atoms with van der Waals surface area (Å²) in [6.07, 6.45) is 6.48. The van der Waals surface area contributed by atoms with E-state index in [2.05, 4.69) is 6.08 Å². The molecule has 6 rings (SSSR count). The number of hydrogen-bond donors (Lipinski definition) is 0. The lowest BCUT2D eigenvalue weighted by Crippen LogP contribution is -2.39. The van der Waals surface area contributed by atoms with Crippen molar-refractivity contribution in [2.75, 3.05) is 0 Å². The maximum atomic E-state index is 13.8. The minimum atomic E-state index is -0.442. The van der Waals surface area contributed by atoms with E-state index < -0.39 is 4.92 Å². The fourth-order valence-corrected chi connectivity index (χ4v) is 6.39. The molecule has 0 radical (unpaired) electrons. The Morgan fingerprint density at radius 3 is 2.38 bits per heavy atom. The molecule has 0 unspecified atom stereocenters. The molecule has 1 atom stereocenters. The number of allylic oxidation sites excluding steroid dienone is 2. The first-order chi connectivity index (χ1) is 18.9. The highest BCUT2D eigenvalue weighted by atomic mass is 35.5. The van der Waals surface area contributed by atoms with Crippen molar-refractivity contribution >= 4 is 52.4 Å². The molecule has 194 valence electrons. The number of nitro groups is 1. The van der Waals surface area contributed by atoms with E-state index in [-0.39, 0.29) is 17.3 Å². The number of nitro benzene ring substituents is 1. The van der Waals surface area contributed by atoms with Crippen LogP contribution in [0, 0.1) is 10.1 Å². The van der Waals surface area contributed by atoms with Crippen LogP contribution >= 0.6 is 34.5 Å². The Bertz CT molecular complexity index is 1850. The van der Waals surface area contributed by atoms with E-state index in [1.807, 2.05) is 48.5 Å². The molecule has 0 N–H and O–H groups in total. The van der Waals surface area contributed by atoms with Gasteiger partial charge in [0.05, 0.1) is 21.2 Å². The van der Waals surface area contributed by atoms with Gasteiger partial charge in [-0.1, -0.05) is 70.9 Å². The van der Waals surface area contributed by atoms with Crippen LogP contribution in [0.15, 0.2) is 99.4 Å². The van der Waals surface area contributed by atoms with E-state index in [9.17, 15) is 14.9 Å². The fraction of sp³-hybridized carbons (Fsp3) is 0.133. The lowest BCUT2D eigenvalue weighted by Gasteiger charge is -2.31. The zero-order valence-corrected chi connectivity index (χ0v) is 22.8. The van der Waals surface area contributed by atoms with Gasteiger partial charge < -0.3 is 0 Å². The maximum Gasteiger partial charge on any atom is 0.271 e. The third-order valence-corrected chi connectivity index (χ3v) is 8.40. The Kier molecular flexibility index (Phi) is 6.81. The summed E-state index contributed by atoms with van der Waals surface area (Å²) in [6.45, 7) is 0. The lowest BCUT2D eigenvalue weighted by atomic mass is 9.84. The van der Waals surface area contributed by atoms with Crippen molar-refractivity contribution < 1.29 is 4.92 Å². The molecular formula is C30H21Cl2N3O3S. The van der Waals surface area contributed by atoms with Gasteiger partial charge in [0.25, 0.3) is 11.2 Å². The number of aromatic nitrogens is 1. The van der Waals surface area contributed by atoms with Gasteiger partial charge in [-0.3, -0.25) is 19.5 Å². The predicted octanol–water partition coefficient (Wildman–Crippen LogP) is 6.70. The minimum Gasteiger partial charge on any atom is -0.272 e. The van der Waals surface area contributed by atoms with Crippen LogP contribution in [-0.2, 0) is 0 Å². The van der Waals surface area contributed by atoms with Gasteiger partial charge in [-0.2, -0.15) is 0 Å². The Balaban J connectivity index is 1.56. The summed E-state index contributed by atoms with van der Waals surface area (Å²) in [5, 5.41) is 12.6. The van der Waals surface area contributed by atoms with Crippen LogP contribution in [0.4, 0.5) is 5.69 Å². The van der Waals surface area contributed by atoms with Gasteiger partial charge in [0.2, 0.25) is 0 Å². The molecule has 4 aromatic rings. The second-order valence-corrected chi connectivity index (χ2v) is 11.3. The molecule has 0 amide bonds. The molecule has 39 heavy (non-hydrogen) atoms. The van der Waals surface area contributed by atoms with Crippen LogP contribution in [0.2, 0.25) is 10.0 Å². The molecule has 3 aromatic carbocycles. The summed E-state index contributed by atoms with van der Waals surface area (Å²) < 4.78 is 2.22. The highest BCUT2D eigenvalue weighted by molar-refractivity contribution is 7.07. The third-order valence-electron chi connectivity index (χ3n) is 6.91. The van der Waals surface area contributed by atoms with Crippen molar-refractivity contribution in [3.05, 3.63) is 146 Å². The molecule has 2 heterocycles. The molecule has 2 aliphatic rings. The first-order valence-corrected chi connectivity index (χ1v) is 14.0. The number of fused-ring (bicyclic) bond motifs is 1. The van der Waals surface area contributed by atoms with Crippen molar-refractivity contribution in [2.45, 2.75) is 25.3 Å². The van der Waals surface area contributed by atoms with Crippen molar-refractivity contribution in [1.82, 2.24) is 4.57 Å². The van der Waals surface area contributed by atoms with E-state index >= 15 is 0 Å². The second-order valence-electron chi connectivity index (χ2n) is 9.43. The Morgan fingerprint density at radius 1 is 0.949 bits per heavy atom. The quantitative estimate of drug-likeness (QED) is 0.201. The summed E-state index contributed by atoms with van der Waals surface area (Å²) in [5.74, 6) is 0. The number of hydrogen-bond acceptors (Lipinski definition) is 5. The first-order valence-electron chi connectivity index (χ1n) is 12.4. The zero-order valence-electron chi connectivity index (χ0n) is 20.5. The molecule has 0 fully saturated rings. The minimum absolute atomic E-state index is 0.0250. The normalized spacial score (nSPS) is 18.1. The van der Waals surface area contributed by atoms with Crippen LogP contribution in [0.3, 0.4) is 0 Å².